The number of carboxylic acids is 1. The number of hydrogen-bond donors (Lipinski definition) is 3. The van der Waals surface area contributed by atoms with Crippen LogP contribution in [0.25, 0.3) is 11.1 Å². The van der Waals surface area contributed by atoms with E-state index in [9.17, 15) is 9.59 Å². The molecule has 1 unspecified atom stereocenters. The van der Waals surface area contributed by atoms with Crippen LogP contribution in [0.3, 0.4) is 0 Å². The molecular weight excluding hydrogens is 448 g/mol. The van der Waals surface area contributed by atoms with Gasteiger partial charge in [0.25, 0.3) is 5.91 Å². The molecule has 0 aliphatic carbocycles. The van der Waals surface area contributed by atoms with E-state index in [0.29, 0.717) is 5.56 Å². The van der Waals surface area contributed by atoms with Crippen molar-refractivity contribution in [2.45, 2.75) is 53.1 Å². The highest BCUT2D eigenvalue weighted by molar-refractivity contribution is 6.31. The standard InChI is InChI=1S/C28H31ClN2O3/c1-6-25(21-10-11-24(29)16(2)12-21)31-23-9-7-8-20(15-23)22-13-17(3)26(18(4)14-22)27(32)30-19(5)28(33)34/h7-15,19,25,31H,6H2,1-5H3,(H,30,32)(H,33,34)/t19?,25-/m1/s1. The summed E-state index contributed by atoms with van der Waals surface area (Å²) in [5, 5.41) is 16.0. The Balaban J connectivity index is 1.86. The average molecular weight is 479 g/mol. The Morgan fingerprint density at radius 2 is 1.62 bits per heavy atom. The van der Waals surface area contributed by atoms with Crippen LogP contribution in [0.5, 0.6) is 0 Å². The van der Waals surface area contributed by atoms with E-state index in [-0.39, 0.29) is 11.9 Å². The van der Waals surface area contributed by atoms with Gasteiger partial charge in [0.1, 0.15) is 6.04 Å². The SMILES string of the molecule is CC[C@@H](Nc1cccc(-c2cc(C)c(C(=O)NC(C)C(=O)O)c(C)c2)c1)c1ccc(Cl)c(C)c1. The minimum Gasteiger partial charge on any atom is -0.480 e. The van der Waals surface area contributed by atoms with Crippen LogP contribution in [-0.2, 0) is 4.79 Å². The summed E-state index contributed by atoms with van der Waals surface area (Å²) in [5.41, 5.74) is 7.38. The van der Waals surface area contributed by atoms with Crippen LogP contribution in [-0.4, -0.2) is 23.0 Å². The molecule has 3 rings (SSSR count). The molecule has 0 fully saturated rings. The second-order valence-corrected chi connectivity index (χ2v) is 9.12. The predicted molar refractivity (Wildman–Crippen MR) is 139 cm³/mol. The first-order valence-electron chi connectivity index (χ1n) is 11.4. The van der Waals surface area contributed by atoms with Gasteiger partial charge in [0.05, 0.1) is 6.04 Å². The minimum absolute atomic E-state index is 0.150. The Labute approximate surface area is 206 Å². The molecule has 2 atom stereocenters. The lowest BCUT2D eigenvalue weighted by Crippen LogP contribution is -2.38. The zero-order chi connectivity index (χ0) is 25.0. The van der Waals surface area contributed by atoms with Gasteiger partial charge in [-0.05, 0) is 85.7 Å². The monoisotopic (exact) mass is 478 g/mol. The highest BCUT2D eigenvalue weighted by atomic mass is 35.5. The maximum Gasteiger partial charge on any atom is 0.325 e. The largest absolute Gasteiger partial charge is 0.480 e. The van der Waals surface area contributed by atoms with Gasteiger partial charge in [-0.2, -0.15) is 0 Å². The van der Waals surface area contributed by atoms with E-state index >= 15 is 0 Å². The normalized spacial score (nSPS) is 12.6. The molecule has 0 saturated carbocycles. The van der Waals surface area contributed by atoms with Crippen molar-refractivity contribution < 1.29 is 14.7 Å². The van der Waals surface area contributed by atoms with Gasteiger partial charge in [-0.3, -0.25) is 9.59 Å². The summed E-state index contributed by atoms with van der Waals surface area (Å²) >= 11 is 6.20. The van der Waals surface area contributed by atoms with Crippen molar-refractivity contribution in [2.24, 2.45) is 0 Å². The molecule has 3 N–H and O–H groups in total. The molecule has 5 nitrogen and oxygen atoms in total. The zero-order valence-corrected chi connectivity index (χ0v) is 21.0. The van der Waals surface area contributed by atoms with Crippen LogP contribution in [0.1, 0.15) is 58.9 Å². The Kier molecular flexibility index (Phi) is 8.00. The third-order valence-electron chi connectivity index (χ3n) is 6.01. The number of aryl methyl sites for hydroxylation is 3. The summed E-state index contributed by atoms with van der Waals surface area (Å²) in [6.07, 6.45) is 0.919. The van der Waals surface area contributed by atoms with Gasteiger partial charge in [-0.1, -0.05) is 54.9 Å². The van der Waals surface area contributed by atoms with Crippen molar-refractivity contribution in [3.05, 3.63) is 87.4 Å². The number of benzene rings is 3. The van der Waals surface area contributed by atoms with Gasteiger partial charge in [0, 0.05) is 16.3 Å². The molecule has 0 radical (unpaired) electrons. The van der Waals surface area contributed by atoms with Gasteiger partial charge in [0.15, 0.2) is 0 Å². The molecule has 3 aromatic rings. The average Bonchev–Trinajstić information content (AvgIpc) is 2.79. The number of anilines is 1. The zero-order valence-electron chi connectivity index (χ0n) is 20.2. The fourth-order valence-electron chi connectivity index (χ4n) is 4.11. The van der Waals surface area contributed by atoms with Gasteiger partial charge in [-0.15, -0.1) is 0 Å². The molecule has 0 spiro atoms. The molecule has 0 aliphatic rings. The molecule has 34 heavy (non-hydrogen) atoms. The van der Waals surface area contributed by atoms with E-state index in [2.05, 4.69) is 35.8 Å². The van der Waals surface area contributed by atoms with Crippen LogP contribution in [0.2, 0.25) is 5.02 Å². The summed E-state index contributed by atoms with van der Waals surface area (Å²) in [6.45, 7) is 9.35. The highest BCUT2D eigenvalue weighted by Crippen LogP contribution is 2.30. The second-order valence-electron chi connectivity index (χ2n) is 8.71. The number of halogens is 1. The molecule has 3 aromatic carbocycles. The molecule has 178 valence electrons. The van der Waals surface area contributed by atoms with Crippen molar-refractivity contribution in [1.82, 2.24) is 5.32 Å². The molecule has 0 aromatic heterocycles. The Morgan fingerprint density at radius 3 is 2.21 bits per heavy atom. The van der Waals surface area contributed by atoms with Crippen molar-refractivity contribution in [3.8, 4) is 11.1 Å². The van der Waals surface area contributed by atoms with E-state index < -0.39 is 12.0 Å². The topological polar surface area (TPSA) is 78.4 Å². The summed E-state index contributed by atoms with van der Waals surface area (Å²) in [7, 11) is 0. The van der Waals surface area contributed by atoms with Gasteiger partial charge < -0.3 is 15.7 Å². The van der Waals surface area contributed by atoms with Crippen molar-refractivity contribution in [2.75, 3.05) is 5.32 Å². The minimum atomic E-state index is -1.07. The summed E-state index contributed by atoms with van der Waals surface area (Å²) in [6, 6.07) is 17.4. The maximum absolute atomic E-state index is 12.6. The number of carbonyl (C=O) groups is 2. The number of rotatable bonds is 8. The number of carboxylic acid groups (broad SMARTS) is 1. The highest BCUT2D eigenvalue weighted by Gasteiger charge is 2.19. The number of amides is 1. The predicted octanol–water partition coefficient (Wildman–Crippen LogP) is 6.70. The van der Waals surface area contributed by atoms with Crippen molar-refractivity contribution in [1.29, 1.82) is 0 Å². The Bertz CT molecular complexity index is 1200. The van der Waals surface area contributed by atoms with Crippen molar-refractivity contribution >= 4 is 29.2 Å². The molecule has 0 heterocycles. The van der Waals surface area contributed by atoms with Crippen LogP contribution < -0.4 is 10.6 Å². The van der Waals surface area contributed by atoms with Crippen molar-refractivity contribution in [3.63, 3.8) is 0 Å². The van der Waals surface area contributed by atoms with E-state index in [1.54, 1.807) is 0 Å². The van der Waals surface area contributed by atoms with E-state index in [0.717, 1.165) is 44.9 Å². The number of nitrogens with one attached hydrogen (secondary N) is 2. The Hall–Kier alpha value is -3.31. The van der Waals surface area contributed by atoms with Gasteiger partial charge in [0.2, 0.25) is 0 Å². The lowest BCUT2D eigenvalue weighted by atomic mass is 9.94. The first kappa shape index (κ1) is 25.3. The fraction of sp³-hybridized carbons (Fsp3) is 0.286. The lowest BCUT2D eigenvalue weighted by molar-refractivity contribution is -0.138. The Morgan fingerprint density at radius 1 is 0.941 bits per heavy atom. The fourth-order valence-corrected chi connectivity index (χ4v) is 4.23. The molecule has 0 aliphatic heterocycles. The molecular formula is C28H31ClN2O3. The summed E-state index contributed by atoms with van der Waals surface area (Å²) in [5.74, 6) is -1.44. The molecule has 1 amide bonds. The van der Waals surface area contributed by atoms with Crippen LogP contribution >= 0.6 is 11.6 Å². The number of hydrogen-bond acceptors (Lipinski definition) is 3. The quantitative estimate of drug-likeness (QED) is 0.336. The third kappa shape index (κ3) is 5.78. The molecule has 0 bridgehead atoms. The summed E-state index contributed by atoms with van der Waals surface area (Å²) < 4.78 is 0. The van der Waals surface area contributed by atoms with Gasteiger partial charge in [-0.25, -0.2) is 0 Å². The van der Waals surface area contributed by atoms with Crippen LogP contribution in [0.4, 0.5) is 5.69 Å². The smallest absolute Gasteiger partial charge is 0.325 e. The third-order valence-corrected chi connectivity index (χ3v) is 6.43. The number of carbonyl (C=O) groups excluding carboxylic acids is 1. The first-order chi connectivity index (χ1) is 16.1. The maximum atomic E-state index is 12.6. The number of aliphatic carboxylic acids is 1. The van der Waals surface area contributed by atoms with E-state index in [1.807, 2.05) is 57.2 Å². The lowest BCUT2D eigenvalue weighted by Gasteiger charge is -2.20. The first-order valence-corrected chi connectivity index (χ1v) is 11.8. The van der Waals surface area contributed by atoms with Crippen LogP contribution in [0.15, 0.2) is 54.6 Å². The summed E-state index contributed by atoms with van der Waals surface area (Å²) in [4.78, 5) is 23.7. The molecule has 0 saturated heterocycles. The van der Waals surface area contributed by atoms with E-state index in [1.165, 1.54) is 12.5 Å². The van der Waals surface area contributed by atoms with Crippen LogP contribution in [0, 0.1) is 20.8 Å². The molecule has 6 heteroatoms. The second kappa shape index (κ2) is 10.7. The van der Waals surface area contributed by atoms with E-state index in [4.69, 9.17) is 16.7 Å². The van der Waals surface area contributed by atoms with Gasteiger partial charge >= 0.3 is 5.97 Å².